The number of Topliss-reactive ketones (excluding diaryl/α,β-unsaturated/α-hetero) is 1. The van der Waals surface area contributed by atoms with Crippen molar-refractivity contribution in [2.45, 2.75) is 78.9 Å². The second-order valence-corrected chi connectivity index (χ2v) is 9.33. The minimum absolute atomic E-state index is 0.173. The third-order valence-corrected chi connectivity index (χ3v) is 5.48. The molecule has 0 spiro atoms. The normalized spacial score (nSPS) is 18.4. The molecule has 5 nitrogen and oxygen atoms in total. The first-order chi connectivity index (χ1) is 13.6. The lowest BCUT2D eigenvalue weighted by molar-refractivity contribution is -0.165. The third kappa shape index (κ3) is 6.41. The minimum atomic E-state index is -0.765. The lowest BCUT2D eigenvalue weighted by atomic mass is 9.89. The van der Waals surface area contributed by atoms with Crippen molar-refractivity contribution in [3.63, 3.8) is 0 Å². The van der Waals surface area contributed by atoms with E-state index < -0.39 is 23.1 Å². The molecule has 160 valence electrons. The van der Waals surface area contributed by atoms with Crippen LogP contribution in [0, 0.1) is 11.3 Å². The molecule has 2 unspecified atom stereocenters. The highest BCUT2D eigenvalue weighted by Gasteiger charge is 2.40. The summed E-state index contributed by atoms with van der Waals surface area (Å²) < 4.78 is 5.87. The molecule has 0 aromatic heterocycles. The van der Waals surface area contributed by atoms with Crippen LogP contribution in [-0.4, -0.2) is 41.3 Å². The quantitative estimate of drug-likeness (QED) is 0.508. The van der Waals surface area contributed by atoms with E-state index in [2.05, 4.69) is 12.1 Å². The molecular formula is C24H35NO4. The Morgan fingerprint density at radius 1 is 1.10 bits per heavy atom. The number of hydrogen-bond acceptors (Lipinski definition) is 4. The molecule has 0 saturated carbocycles. The zero-order valence-corrected chi connectivity index (χ0v) is 18.4. The van der Waals surface area contributed by atoms with E-state index in [1.807, 2.05) is 32.0 Å². The van der Waals surface area contributed by atoms with Gasteiger partial charge in [0.05, 0.1) is 0 Å². The molecule has 1 aromatic rings. The zero-order valence-electron chi connectivity index (χ0n) is 18.4. The van der Waals surface area contributed by atoms with Gasteiger partial charge in [0.15, 0.2) is 0 Å². The maximum atomic E-state index is 13.0. The van der Waals surface area contributed by atoms with Crippen molar-refractivity contribution in [2.24, 2.45) is 11.3 Å². The van der Waals surface area contributed by atoms with Crippen LogP contribution >= 0.6 is 0 Å². The Hall–Kier alpha value is -2.17. The number of carbonyl (C=O) groups excluding carboxylic acids is 3. The van der Waals surface area contributed by atoms with E-state index in [0.29, 0.717) is 13.0 Å². The molecule has 0 bridgehead atoms. The number of esters is 1. The number of ketones is 1. The fourth-order valence-corrected chi connectivity index (χ4v) is 3.58. The van der Waals surface area contributed by atoms with E-state index in [1.54, 1.807) is 20.8 Å². The Morgan fingerprint density at radius 2 is 1.76 bits per heavy atom. The predicted molar refractivity (Wildman–Crippen MR) is 113 cm³/mol. The Labute approximate surface area is 174 Å². The Kier molecular flexibility index (Phi) is 8.00. The maximum Gasteiger partial charge on any atom is 0.329 e. The first kappa shape index (κ1) is 23.1. The average Bonchev–Trinajstić information content (AvgIpc) is 2.69. The molecule has 2 atom stereocenters. The van der Waals surface area contributed by atoms with E-state index in [0.717, 1.165) is 25.7 Å². The van der Waals surface area contributed by atoms with Crippen molar-refractivity contribution in [3.8, 4) is 0 Å². The highest BCUT2D eigenvalue weighted by Crippen LogP contribution is 2.24. The fraction of sp³-hybridized carbons (Fsp3) is 0.625. The Morgan fingerprint density at radius 3 is 2.34 bits per heavy atom. The Balaban J connectivity index is 2.06. The maximum absolute atomic E-state index is 13.0. The largest absolute Gasteiger partial charge is 0.461 e. The van der Waals surface area contributed by atoms with Gasteiger partial charge >= 0.3 is 5.97 Å². The predicted octanol–water partition coefficient (Wildman–Crippen LogP) is 4.18. The highest BCUT2D eigenvalue weighted by molar-refractivity contribution is 6.38. The van der Waals surface area contributed by atoms with E-state index in [4.69, 9.17) is 4.74 Å². The minimum Gasteiger partial charge on any atom is -0.461 e. The fourth-order valence-electron chi connectivity index (χ4n) is 3.58. The molecule has 2 rings (SSSR count). The monoisotopic (exact) mass is 401 g/mol. The van der Waals surface area contributed by atoms with E-state index >= 15 is 0 Å². The van der Waals surface area contributed by atoms with Gasteiger partial charge in [-0.05, 0) is 43.6 Å². The number of nitrogens with zero attached hydrogens (tertiary/aromatic N) is 1. The van der Waals surface area contributed by atoms with Crippen LogP contribution in [0.4, 0.5) is 0 Å². The van der Waals surface area contributed by atoms with Crippen LogP contribution in [0.1, 0.15) is 65.9 Å². The van der Waals surface area contributed by atoms with Crippen molar-refractivity contribution in [1.29, 1.82) is 0 Å². The number of aryl methyl sites for hydroxylation is 1. The molecule has 0 aliphatic carbocycles. The summed E-state index contributed by atoms with van der Waals surface area (Å²) in [6.45, 7) is 9.68. The number of benzene rings is 1. The van der Waals surface area contributed by atoms with Gasteiger partial charge in [-0.1, -0.05) is 65.0 Å². The van der Waals surface area contributed by atoms with E-state index in [9.17, 15) is 14.4 Å². The van der Waals surface area contributed by atoms with Crippen molar-refractivity contribution >= 4 is 17.7 Å². The van der Waals surface area contributed by atoms with Gasteiger partial charge in [-0.25, -0.2) is 4.79 Å². The molecule has 1 aliphatic heterocycles. The highest BCUT2D eigenvalue weighted by atomic mass is 16.5. The van der Waals surface area contributed by atoms with Crippen LogP contribution < -0.4 is 0 Å². The van der Waals surface area contributed by atoms with Crippen LogP contribution in [0.25, 0.3) is 0 Å². The van der Waals surface area contributed by atoms with Crippen molar-refractivity contribution < 1.29 is 19.1 Å². The molecule has 1 aliphatic rings. The van der Waals surface area contributed by atoms with Crippen LogP contribution in [-0.2, 0) is 25.5 Å². The van der Waals surface area contributed by atoms with Crippen molar-refractivity contribution in [3.05, 3.63) is 35.9 Å². The zero-order chi connectivity index (χ0) is 21.6. The standard InChI is InChI=1S/C24H35NO4/c1-17(2)20(15-14-18-11-7-6-8-12-18)29-23(28)19-13-9-10-16-25(19)22(27)21(26)24(3,4)5/h6-8,11-12,17,19-20H,9-10,13-16H2,1-5H3. The number of piperidine rings is 1. The molecule has 0 radical (unpaired) electrons. The molecular weight excluding hydrogens is 366 g/mol. The average molecular weight is 402 g/mol. The van der Waals surface area contributed by atoms with E-state index in [1.165, 1.54) is 10.5 Å². The summed E-state index contributed by atoms with van der Waals surface area (Å²) >= 11 is 0. The SMILES string of the molecule is CC(C)C(CCc1ccccc1)OC(=O)C1CCCCN1C(=O)C(=O)C(C)(C)C. The van der Waals surface area contributed by atoms with Crippen LogP contribution in [0.2, 0.25) is 0 Å². The molecule has 1 fully saturated rings. The van der Waals surface area contributed by atoms with Gasteiger partial charge < -0.3 is 9.64 Å². The van der Waals surface area contributed by atoms with Crippen molar-refractivity contribution in [2.75, 3.05) is 6.54 Å². The number of likely N-dealkylation sites (tertiary alicyclic amines) is 1. The molecule has 1 amide bonds. The topological polar surface area (TPSA) is 63.7 Å². The van der Waals surface area contributed by atoms with Gasteiger partial charge in [-0.2, -0.15) is 0 Å². The lowest BCUT2D eigenvalue weighted by Crippen LogP contribution is -2.53. The van der Waals surface area contributed by atoms with Gasteiger partial charge in [0.2, 0.25) is 5.78 Å². The number of ether oxygens (including phenoxy) is 1. The summed E-state index contributed by atoms with van der Waals surface area (Å²) in [5.74, 6) is -1.23. The first-order valence-electron chi connectivity index (χ1n) is 10.7. The molecule has 1 aromatic carbocycles. The van der Waals surface area contributed by atoms with E-state index in [-0.39, 0.29) is 18.0 Å². The molecule has 29 heavy (non-hydrogen) atoms. The molecule has 1 saturated heterocycles. The number of carbonyl (C=O) groups is 3. The van der Waals surface area contributed by atoms with Crippen molar-refractivity contribution in [1.82, 2.24) is 4.90 Å². The summed E-state index contributed by atoms with van der Waals surface area (Å²) in [6, 6.07) is 9.46. The smallest absolute Gasteiger partial charge is 0.329 e. The third-order valence-electron chi connectivity index (χ3n) is 5.48. The molecule has 5 heteroatoms. The van der Waals surface area contributed by atoms with Crippen LogP contribution in [0.5, 0.6) is 0 Å². The van der Waals surface area contributed by atoms with Gasteiger partial charge in [0.25, 0.3) is 5.91 Å². The molecule has 1 heterocycles. The first-order valence-corrected chi connectivity index (χ1v) is 10.7. The number of amides is 1. The summed E-state index contributed by atoms with van der Waals surface area (Å²) in [4.78, 5) is 39.7. The Bertz CT molecular complexity index is 705. The number of hydrogen-bond donors (Lipinski definition) is 0. The summed E-state index contributed by atoms with van der Waals surface area (Å²) in [5, 5.41) is 0. The number of rotatable bonds is 7. The van der Waals surface area contributed by atoms with Gasteiger partial charge in [0, 0.05) is 12.0 Å². The summed E-state index contributed by atoms with van der Waals surface area (Å²) in [6.07, 6.45) is 3.53. The van der Waals surface area contributed by atoms with Gasteiger partial charge in [0.1, 0.15) is 12.1 Å². The van der Waals surface area contributed by atoms with Crippen LogP contribution in [0.15, 0.2) is 30.3 Å². The van der Waals surface area contributed by atoms with Gasteiger partial charge in [-0.3, -0.25) is 9.59 Å². The molecule has 0 N–H and O–H groups in total. The lowest BCUT2D eigenvalue weighted by Gasteiger charge is -2.36. The van der Waals surface area contributed by atoms with Crippen LogP contribution in [0.3, 0.4) is 0 Å². The second kappa shape index (κ2) is 10.0. The van der Waals surface area contributed by atoms with Gasteiger partial charge in [-0.15, -0.1) is 0 Å². The second-order valence-electron chi connectivity index (χ2n) is 9.33. The summed E-state index contributed by atoms with van der Waals surface area (Å²) in [5.41, 5.74) is 0.443. The summed E-state index contributed by atoms with van der Waals surface area (Å²) in [7, 11) is 0.